The second kappa shape index (κ2) is 8.89. The topological polar surface area (TPSA) is 91.0 Å². The van der Waals surface area contributed by atoms with Crippen LogP contribution in [0.1, 0.15) is 24.4 Å². The lowest BCUT2D eigenvalue weighted by molar-refractivity contribution is -0.132. The maximum atomic E-state index is 13.8. The quantitative estimate of drug-likeness (QED) is 0.644. The monoisotopic (exact) mass is 428 g/mol. The molecule has 0 aromatic heterocycles. The van der Waals surface area contributed by atoms with E-state index in [9.17, 15) is 18.8 Å². The molecular formula is C22H25FN4O4. The molecule has 0 bridgehead atoms. The molecule has 0 unspecified atom stereocenters. The summed E-state index contributed by atoms with van der Waals surface area (Å²) < 4.78 is 19.3. The molecule has 1 aromatic carbocycles. The third kappa shape index (κ3) is 4.32. The van der Waals surface area contributed by atoms with Gasteiger partial charge in [0.15, 0.2) is 0 Å². The van der Waals surface area contributed by atoms with Gasteiger partial charge in [-0.15, -0.1) is 6.58 Å². The van der Waals surface area contributed by atoms with E-state index >= 15 is 0 Å². The number of rotatable bonds is 7. The van der Waals surface area contributed by atoms with Gasteiger partial charge in [-0.05, 0) is 30.5 Å². The predicted molar refractivity (Wildman–Crippen MR) is 110 cm³/mol. The number of carbonyl (C=O) groups is 3. The number of hydrogen-bond acceptors (Lipinski definition) is 4. The van der Waals surface area contributed by atoms with Crippen molar-refractivity contribution in [1.29, 1.82) is 0 Å². The minimum atomic E-state index is -0.785. The van der Waals surface area contributed by atoms with Crippen LogP contribution < -0.4 is 10.6 Å². The number of ether oxygens (including phenoxy) is 1. The third-order valence-corrected chi connectivity index (χ3v) is 5.68. The first-order valence-corrected chi connectivity index (χ1v) is 10.3. The highest BCUT2D eigenvalue weighted by Crippen LogP contribution is 2.36. The fraction of sp³-hybridized carbons (Fsp3) is 0.409. The lowest BCUT2D eigenvalue weighted by atomic mass is 9.95. The van der Waals surface area contributed by atoms with Crippen molar-refractivity contribution in [1.82, 2.24) is 20.4 Å². The minimum absolute atomic E-state index is 0.00632. The molecule has 1 aromatic rings. The van der Waals surface area contributed by atoms with Gasteiger partial charge < -0.3 is 20.3 Å². The molecule has 3 aliphatic heterocycles. The molecule has 1 fully saturated rings. The van der Waals surface area contributed by atoms with E-state index in [1.54, 1.807) is 12.1 Å². The van der Waals surface area contributed by atoms with Crippen LogP contribution >= 0.6 is 0 Å². The van der Waals surface area contributed by atoms with Crippen molar-refractivity contribution in [2.45, 2.75) is 25.0 Å². The third-order valence-electron chi connectivity index (χ3n) is 5.68. The number of urea groups is 1. The van der Waals surface area contributed by atoms with E-state index in [0.717, 1.165) is 12.8 Å². The number of nitrogens with zero attached hydrogens (tertiary/aromatic N) is 2. The summed E-state index contributed by atoms with van der Waals surface area (Å²) >= 11 is 0. The molecule has 8 nitrogen and oxygen atoms in total. The van der Waals surface area contributed by atoms with Crippen LogP contribution in [0.25, 0.3) is 0 Å². The summed E-state index contributed by atoms with van der Waals surface area (Å²) in [6.45, 7) is 4.98. The van der Waals surface area contributed by atoms with Crippen LogP contribution in [0.3, 0.4) is 0 Å². The van der Waals surface area contributed by atoms with Crippen molar-refractivity contribution in [3.05, 3.63) is 59.6 Å². The second-order valence-electron chi connectivity index (χ2n) is 7.80. The molecule has 2 N–H and O–H groups in total. The van der Waals surface area contributed by atoms with E-state index in [2.05, 4.69) is 17.2 Å². The van der Waals surface area contributed by atoms with Gasteiger partial charge >= 0.3 is 6.03 Å². The summed E-state index contributed by atoms with van der Waals surface area (Å²) in [6.07, 6.45) is 3.45. The molecule has 4 amide bonds. The summed E-state index contributed by atoms with van der Waals surface area (Å²) in [6, 6.07) is 4.60. The normalized spacial score (nSPS) is 23.1. The molecule has 164 valence electrons. The highest BCUT2D eigenvalue weighted by molar-refractivity contribution is 6.03. The van der Waals surface area contributed by atoms with Crippen LogP contribution in [0.2, 0.25) is 0 Å². The largest absolute Gasteiger partial charge is 0.376 e. The number of benzene rings is 1. The second-order valence-corrected chi connectivity index (χ2v) is 7.80. The Labute approximate surface area is 179 Å². The Morgan fingerprint density at radius 3 is 2.94 bits per heavy atom. The first-order valence-electron chi connectivity index (χ1n) is 10.3. The van der Waals surface area contributed by atoms with Gasteiger partial charge in [0, 0.05) is 19.7 Å². The Hall–Kier alpha value is -3.20. The van der Waals surface area contributed by atoms with Gasteiger partial charge in [0.25, 0.3) is 5.91 Å². The van der Waals surface area contributed by atoms with Gasteiger partial charge in [-0.2, -0.15) is 0 Å². The van der Waals surface area contributed by atoms with Gasteiger partial charge in [-0.1, -0.05) is 18.2 Å². The SMILES string of the molecule is C=CCN1C(=O)N[C@@H](c2cccc(F)c2)C2=C1CN(CC(=O)NC[C@@H]1CCCO1)C2=O. The Morgan fingerprint density at radius 1 is 1.39 bits per heavy atom. The van der Waals surface area contributed by atoms with Crippen LogP contribution in [0.15, 0.2) is 48.2 Å². The highest BCUT2D eigenvalue weighted by Gasteiger charge is 2.44. The van der Waals surface area contributed by atoms with E-state index in [1.165, 1.54) is 28.0 Å². The lowest BCUT2D eigenvalue weighted by Crippen LogP contribution is -2.47. The van der Waals surface area contributed by atoms with Crippen molar-refractivity contribution in [3.63, 3.8) is 0 Å². The highest BCUT2D eigenvalue weighted by atomic mass is 19.1. The Bertz CT molecular complexity index is 941. The predicted octanol–water partition coefficient (Wildman–Crippen LogP) is 1.47. The molecule has 0 radical (unpaired) electrons. The molecule has 0 spiro atoms. The summed E-state index contributed by atoms with van der Waals surface area (Å²) in [4.78, 5) is 41.2. The average molecular weight is 428 g/mol. The molecule has 3 aliphatic rings. The maximum Gasteiger partial charge on any atom is 0.322 e. The zero-order valence-corrected chi connectivity index (χ0v) is 17.1. The summed E-state index contributed by atoms with van der Waals surface area (Å²) in [5.41, 5.74) is 1.32. The van der Waals surface area contributed by atoms with Crippen LogP contribution in [0.4, 0.5) is 9.18 Å². The molecule has 9 heteroatoms. The summed E-state index contributed by atoms with van der Waals surface area (Å²) in [5, 5.41) is 5.59. The van der Waals surface area contributed by atoms with Gasteiger partial charge in [-0.25, -0.2) is 9.18 Å². The Balaban J connectivity index is 1.53. The van der Waals surface area contributed by atoms with E-state index in [-0.39, 0.29) is 37.6 Å². The van der Waals surface area contributed by atoms with Crippen molar-refractivity contribution in [2.75, 3.05) is 32.8 Å². The van der Waals surface area contributed by atoms with Crippen LogP contribution in [0.5, 0.6) is 0 Å². The maximum absolute atomic E-state index is 13.8. The molecule has 0 aliphatic carbocycles. The number of amides is 4. The molecule has 2 atom stereocenters. The first kappa shape index (κ1) is 21.0. The van der Waals surface area contributed by atoms with Crippen molar-refractivity contribution in [2.24, 2.45) is 0 Å². The molecule has 31 heavy (non-hydrogen) atoms. The van der Waals surface area contributed by atoms with Crippen molar-refractivity contribution < 1.29 is 23.5 Å². The van der Waals surface area contributed by atoms with E-state index in [1.807, 2.05) is 0 Å². The molecule has 1 saturated heterocycles. The number of hydrogen-bond donors (Lipinski definition) is 2. The lowest BCUT2D eigenvalue weighted by Gasteiger charge is -2.33. The van der Waals surface area contributed by atoms with E-state index < -0.39 is 17.9 Å². The molecule has 3 heterocycles. The zero-order valence-electron chi connectivity index (χ0n) is 17.1. The standard InChI is InChI=1S/C22H25FN4O4/c1-2-8-27-17-12-26(13-18(28)24-11-16-7-4-9-31-16)21(29)19(17)20(25-22(27)30)14-5-3-6-15(23)10-14/h2-3,5-6,10,16,20H,1,4,7-9,11-13H2,(H,24,28)(H,25,30)/t16-,20-/m0/s1. The fourth-order valence-corrected chi connectivity index (χ4v) is 4.20. The first-order chi connectivity index (χ1) is 15.0. The average Bonchev–Trinajstić information content (AvgIpc) is 3.37. The van der Waals surface area contributed by atoms with Gasteiger partial charge in [0.2, 0.25) is 5.91 Å². The zero-order chi connectivity index (χ0) is 22.0. The van der Waals surface area contributed by atoms with Gasteiger partial charge in [0.05, 0.1) is 30.0 Å². The number of nitrogens with one attached hydrogen (secondary N) is 2. The molecular weight excluding hydrogens is 403 g/mol. The van der Waals surface area contributed by atoms with Crippen LogP contribution in [-0.2, 0) is 14.3 Å². The van der Waals surface area contributed by atoms with E-state index in [0.29, 0.717) is 30.0 Å². The molecule has 4 rings (SSSR count). The molecule has 0 saturated carbocycles. The summed E-state index contributed by atoms with van der Waals surface area (Å²) in [7, 11) is 0. The number of halogens is 1. The summed E-state index contributed by atoms with van der Waals surface area (Å²) in [5.74, 6) is -1.11. The van der Waals surface area contributed by atoms with E-state index in [4.69, 9.17) is 4.74 Å². The minimum Gasteiger partial charge on any atom is -0.376 e. The van der Waals surface area contributed by atoms with Gasteiger partial charge in [0.1, 0.15) is 12.4 Å². The van der Waals surface area contributed by atoms with Crippen LogP contribution in [0, 0.1) is 5.82 Å². The van der Waals surface area contributed by atoms with Crippen molar-refractivity contribution in [3.8, 4) is 0 Å². The Kier molecular flexibility index (Phi) is 6.03. The van der Waals surface area contributed by atoms with Gasteiger partial charge in [-0.3, -0.25) is 14.5 Å². The van der Waals surface area contributed by atoms with Crippen molar-refractivity contribution >= 4 is 17.8 Å². The Morgan fingerprint density at radius 2 is 2.23 bits per heavy atom. The smallest absolute Gasteiger partial charge is 0.322 e. The number of carbonyl (C=O) groups excluding carboxylic acids is 3. The fourth-order valence-electron chi connectivity index (χ4n) is 4.20. The van der Waals surface area contributed by atoms with Crippen LogP contribution in [-0.4, -0.2) is 66.5 Å².